The fourth-order valence-electron chi connectivity index (χ4n) is 4.08. The van der Waals surface area contributed by atoms with E-state index in [0.29, 0.717) is 5.92 Å². The Hall–Kier alpha value is -1.55. The SMILES string of the molecule is CCC(C)c1ccccc1OCC(=O)N1CCN(C2CCCC2)CC1. The molecule has 138 valence electrons. The van der Waals surface area contributed by atoms with Gasteiger partial charge in [0.25, 0.3) is 5.91 Å². The number of carbonyl (C=O) groups excluding carboxylic acids is 1. The first kappa shape index (κ1) is 18.2. The van der Waals surface area contributed by atoms with Crippen LogP contribution in [-0.4, -0.2) is 54.5 Å². The minimum absolute atomic E-state index is 0.116. The quantitative estimate of drug-likeness (QED) is 0.789. The first-order chi connectivity index (χ1) is 12.2. The van der Waals surface area contributed by atoms with Gasteiger partial charge in [0.15, 0.2) is 6.61 Å². The average molecular weight is 344 g/mol. The van der Waals surface area contributed by atoms with Crippen LogP contribution in [0.4, 0.5) is 0 Å². The van der Waals surface area contributed by atoms with Gasteiger partial charge in [-0.05, 0) is 36.8 Å². The van der Waals surface area contributed by atoms with Gasteiger partial charge in [0.1, 0.15) is 5.75 Å². The highest BCUT2D eigenvalue weighted by molar-refractivity contribution is 5.78. The Morgan fingerprint density at radius 3 is 2.52 bits per heavy atom. The lowest BCUT2D eigenvalue weighted by Gasteiger charge is -2.38. The third-order valence-electron chi connectivity index (χ3n) is 5.92. The number of nitrogens with zero attached hydrogens (tertiary/aromatic N) is 2. The van der Waals surface area contributed by atoms with Gasteiger partial charge in [0.05, 0.1) is 0 Å². The molecule has 1 atom stereocenters. The third kappa shape index (κ3) is 4.55. The summed E-state index contributed by atoms with van der Waals surface area (Å²) in [5, 5.41) is 0. The Labute approximate surface area is 152 Å². The number of hydrogen-bond donors (Lipinski definition) is 0. The maximum Gasteiger partial charge on any atom is 0.260 e. The summed E-state index contributed by atoms with van der Waals surface area (Å²) in [6, 6.07) is 8.86. The topological polar surface area (TPSA) is 32.8 Å². The fourth-order valence-corrected chi connectivity index (χ4v) is 4.08. The summed E-state index contributed by atoms with van der Waals surface area (Å²) in [5.74, 6) is 1.42. The summed E-state index contributed by atoms with van der Waals surface area (Å²) in [6.45, 7) is 8.23. The van der Waals surface area contributed by atoms with Crippen LogP contribution in [0, 0.1) is 0 Å². The van der Waals surface area contributed by atoms with E-state index in [1.807, 2.05) is 23.1 Å². The van der Waals surface area contributed by atoms with Crippen LogP contribution < -0.4 is 4.74 Å². The minimum Gasteiger partial charge on any atom is -0.483 e. The number of piperazine rings is 1. The summed E-state index contributed by atoms with van der Waals surface area (Å²) in [5.41, 5.74) is 1.20. The van der Waals surface area contributed by atoms with E-state index in [1.165, 1.54) is 31.2 Å². The third-order valence-corrected chi connectivity index (χ3v) is 5.92. The van der Waals surface area contributed by atoms with Crippen molar-refractivity contribution in [2.45, 2.75) is 57.9 Å². The first-order valence-corrected chi connectivity index (χ1v) is 9.92. The van der Waals surface area contributed by atoms with Gasteiger partial charge in [-0.25, -0.2) is 0 Å². The highest BCUT2D eigenvalue weighted by atomic mass is 16.5. The molecule has 1 amide bonds. The number of benzene rings is 1. The van der Waals surface area contributed by atoms with Crippen molar-refractivity contribution < 1.29 is 9.53 Å². The minimum atomic E-state index is 0.116. The van der Waals surface area contributed by atoms with Gasteiger partial charge in [0, 0.05) is 32.2 Å². The van der Waals surface area contributed by atoms with Gasteiger partial charge in [-0.15, -0.1) is 0 Å². The standard InChI is InChI=1S/C21H32N2O2/c1-3-17(2)19-10-6-7-11-20(19)25-16-21(24)23-14-12-22(13-15-23)18-8-4-5-9-18/h6-7,10-11,17-18H,3-5,8-9,12-16H2,1-2H3. The summed E-state index contributed by atoms with van der Waals surface area (Å²) in [4.78, 5) is 17.1. The molecule has 0 aromatic heterocycles. The van der Waals surface area contributed by atoms with Crippen molar-refractivity contribution >= 4 is 5.91 Å². The van der Waals surface area contributed by atoms with Crippen molar-refractivity contribution in [3.05, 3.63) is 29.8 Å². The Morgan fingerprint density at radius 1 is 1.16 bits per heavy atom. The molecule has 1 aromatic rings. The molecule has 0 spiro atoms. The Bertz CT molecular complexity index is 561. The van der Waals surface area contributed by atoms with Gasteiger partial charge in [0.2, 0.25) is 0 Å². The Morgan fingerprint density at radius 2 is 1.84 bits per heavy atom. The van der Waals surface area contributed by atoms with E-state index in [1.54, 1.807) is 0 Å². The number of para-hydroxylation sites is 1. The van der Waals surface area contributed by atoms with Gasteiger partial charge in [-0.3, -0.25) is 9.69 Å². The van der Waals surface area contributed by atoms with Crippen molar-refractivity contribution in [3.8, 4) is 5.75 Å². The molecule has 1 saturated heterocycles. The normalized spacial score (nSPS) is 20.6. The number of ether oxygens (including phenoxy) is 1. The van der Waals surface area contributed by atoms with Crippen LogP contribution in [0.3, 0.4) is 0 Å². The van der Waals surface area contributed by atoms with Crippen LogP contribution in [-0.2, 0) is 4.79 Å². The van der Waals surface area contributed by atoms with E-state index in [9.17, 15) is 4.79 Å². The molecule has 1 unspecified atom stereocenters. The maximum absolute atomic E-state index is 12.5. The summed E-state index contributed by atoms with van der Waals surface area (Å²) >= 11 is 0. The molecule has 25 heavy (non-hydrogen) atoms. The number of rotatable bonds is 6. The zero-order valence-corrected chi connectivity index (χ0v) is 15.7. The van der Waals surface area contributed by atoms with E-state index in [0.717, 1.165) is 44.4 Å². The van der Waals surface area contributed by atoms with Gasteiger partial charge >= 0.3 is 0 Å². The van der Waals surface area contributed by atoms with E-state index < -0.39 is 0 Å². The highest BCUT2D eigenvalue weighted by Crippen LogP contribution is 2.28. The number of carbonyl (C=O) groups is 1. The first-order valence-electron chi connectivity index (χ1n) is 9.92. The maximum atomic E-state index is 12.5. The van der Waals surface area contributed by atoms with E-state index in [4.69, 9.17) is 4.74 Å². The second kappa shape index (κ2) is 8.70. The molecule has 1 heterocycles. The van der Waals surface area contributed by atoms with Crippen molar-refractivity contribution in [1.82, 2.24) is 9.80 Å². The molecule has 0 radical (unpaired) electrons. The average Bonchev–Trinajstić information content (AvgIpc) is 3.20. The summed E-state index contributed by atoms with van der Waals surface area (Å²) in [7, 11) is 0. The van der Waals surface area contributed by atoms with Gasteiger partial charge in [-0.2, -0.15) is 0 Å². The second-order valence-electron chi connectivity index (χ2n) is 7.49. The zero-order chi connectivity index (χ0) is 17.6. The monoisotopic (exact) mass is 344 g/mol. The molecule has 2 aliphatic rings. The van der Waals surface area contributed by atoms with Gasteiger partial charge < -0.3 is 9.64 Å². The molecule has 4 heteroatoms. The second-order valence-corrected chi connectivity index (χ2v) is 7.49. The molecule has 4 nitrogen and oxygen atoms in total. The van der Waals surface area contributed by atoms with Crippen molar-refractivity contribution in [1.29, 1.82) is 0 Å². The predicted octanol–water partition coefficient (Wildman–Crippen LogP) is 3.67. The Kier molecular flexibility index (Phi) is 6.35. The van der Waals surface area contributed by atoms with E-state index in [2.05, 4.69) is 24.8 Å². The molecule has 1 aliphatic carbocycles. The molecule has 0 bridgehead atoms. The van der Waals surface area contributed by atoms with Gasteiger partial charge in [-0.1, -0.05) is 44.9 Å². The lowest BCUT2D eigenvalue weighted by atomic mass is 9.98. The van der Waals surface area contributed by atoms with Crippen LogP contribution in [0.5, 0.6) is 5.75 Å². The summed E-state index contributed by atoms with van der Waals surface area (Å²) < 4.78 is 5.90. The molecule has 1 aromatic carbocycles. The summed E-state index contributed by atoms with van der Waals surface area (Å²) in [6.07, 6.45) is 6.48. The van der Waals surface area contributed by atoms with Crippen molar-refractivity contribution in [2.24, 2.45) is 0 Å². The number of hydrogen-bond acceptors (Lipinski definition) is 3. The molecule has 2 fully saturated rings. The fraction of sp³-hybridized carbons (Fsp3) is 0.667. The molecule has 1 saturated carbocycles. The molecule has 1 aliphatic heterocycles. The van der Waals surface area contributed by atoms with Crippen LogP contribution in [0.2, 0.25) is 0 Å². The van der Waals surface area contributed by atoms with E-state index in [-0.39, 0.29) is 12.5 Å². The molecular formula is C21H32N2O2. The molecule has 0 N–H and O–H groups in total. The molecular weight excluding hydrogens is 312 g/mol. The van der Waals surface area contributed by atoms with Crippen molar-refractivity contribution in [2.75, 3.05) is 32.8 Å². The van der Waals surface area contributed by atoms with Crippen molar-refractivity contribution in [3.63, 3.8) is 0 Å². The zero-order valence-electron chi connectivity index (χ0n) is 15.7. The predicted molar refractivity (Wildman–Crippen MR) is 101 cm³/mol. The van der Waals surface area contributed by atoms with Crippen LogP contribution in [0.25, 0.3) is 0 Å². The van der Waals surface area contributed by atoms with Crippen LogP contribution in [0.15, 0.2) is 24.3 Å². The lowest BCUT2D eigenvalue weighted by Crippen LogP contribution is -2.52. The Balaban J connectivity index is 1.49. The smallest absolute Gasteiger partial charge is 0.260 e. The molecule has 3 rings (SSSR count). The lowest BCUT2D eigenvalue weighted by molar-refractivity contribution is -0.135. The van der Waals surface area contributed by atoms with Crippen LogP contribution in [0.1, 0.15) is 57.4 Å². The van der Waals surface area contributed by atoms with Crippen LogP contribution >= 0.6 is 0 Å². The highest BCUT2D eigenvalue weighted by Gasteiger charge is 2.28. The largest absolute Gasteiger partial charge is 0.483 e. The number of amides is 1. The van der Waals surface area contributed by atoms with E-state index >= 15 is 0 Å².